The Kier molecular flexibility index (Phi) is 4.33. The zero-order valence-corrected chi connectivity index (χ0v) is 13.8. The largest absolute Gasteiger partial charge is 0.412 e. The number of thioether (sulfide) groups is 1. The molecule has 120 valence electrons. The molecular formula is C16H22ClF3S. The second-order valence-corrected chi connectivity index (χ2v) is 8.71. The molecule has 5 heteroatoms. The quantitative estimate of drug-likeness (QED) is 0.462. The van der Waals surface area contributed by atoms with E-state index in [1.165, 1.54) is 0 Å². The van der Waals surface area contributed by atoms with Crippen molar-refractivity contribution in [2.45, 2.75) is 61.7 Å². The first-order valence-corrected chi connectivity index (χ1v) is 9.53. The molecule has 3 atom stereocenters. The van der Waals surface area contributed by atoms with Gasteiger partial charge in [-0.1, -0.05) is 6.08 Å². The standard InChI is InChI=1S/C16H22ClF3S/c1-21-12-3-2-10(6-12)7-14(16(18,19)20)15-5-4-13(17)11(8-15)9-15/h7,10-13H,2-6,8-9H2,1H3/b14-7-. The summed E-state index contributed by atoms with van der Waals surface area (Å²) in [6.07, 6.45) is 4.96. The molecule has 0 heterocycles. The number of alkyl halides is 4. The molecule has 0 aromatic carbocycles. The fourth-order valence-corrected chi connectivity index (χ4v) is 5.65. The van der Waals surface area contributed by atoms with Gasteiger partial charge in [0, 0.05) is 21.6 Å². The fraction of sp³-hybridized carbons (Fsp3) is 0.875. The van der Waals surface area contributed by atoms with Gasteiger partial charge in [-0.15, -0.1) is 11.6 Å². The van der Waals surface area contributed by atoms with E-state index in [9.17, 15) is 13.2 Å². The lowest BCUT2D eigenvalue weighted by Gasteiger charge is -2.56. The summed E-state index contributed by atoms with van der Waals surface area (Å²) in [6.45, 7) is 0. The van der Waals surface area contributed by atoms with E-state index >= 15 is 0 Å². The van der Waals surface area contributed by atoms with Crippen LogP contribution >= 0.6 is 23.4 Å². The van der Waals surface area contributed by atoms with Crippen LogP contribution in [0, 0.1) is 17.3 Å². The summed E-state index contributed by atoms with van der Waals surface area (Å²) in [6, 6.07) is 0. The van der Waals surface area contributed by atoms with Crippen molar-refractivity contribution in [3.63, 3.8) is 0 Å². The first-order valence-electron chi connectivity index (χ1n) is 7.80. The van der Waals surface area contributed by atoms with E-state index in [0.29, 0.717) is 30.4 Å². The predicted octanol–water partition coefficient (Wildman–Crippen LogP) is 5.80. The minimum absolute atomic E-state index is 0.0914. The van der Waals surface area contributed by atoms with E-state index < -0.39 is 11.6 Å². The molecule has 0 aliphatic heterocycles. The van der Waals surface area contributed by atoms with Crippen molar-refractivity contribution in [3.8, 4) is 0 Å². The van der Waals surface area contributed by atoms with Gasteiger partial charge < -0.3 is 0 Å². The molecule has 4 saturated carbocycles. The molecule has 4 aliphatic rings. The highest BCUT2D eigenvalue weighted by Crippen LogP contribution is 2.63. The van der Waals surface area contributed by atoms with Gasteiger partial charge in [-0.05, 0) is 63.0 Å². The van der Waals surface area contributed by atoms with Gasteiger partial charge in [0.2, 0.25) is 0 Å². The fourth-order valence-electron chi connectivity index (χ4n) is 4.55. The zero-order valence-electron chi connectivity index (χ0n) is 12.3. The maximum Gasteiger partial charge on any atom is 0.412 e. The van der Waals surface area contributed by atoms with Crippen molar-refractivity contribution >= 4 is 23.4 Å². The summed E-state index contributed by atoms with van der Waals surface area (Å²) in [4.78, 5) is 0. The lowest BCUT2D eigenvalue weighted by Crippen LogP contribution is -2.50. The van der Waals surface area contributed by atoms with Gasteiger partial charge in [-0.2, -0.15) is 24.9 Å². The Morgan fingerprint density at radius 3 is 2.43 bits per heavy atom. The Morgan fingerprint density at radius 1 is 1.24 bits per heavy atom. The number of allylic oxidation sites excluding steroid dienone is 2. The summed E-state index contributed by atoms with van der Waals surface area (Å²) in [5.41, 5.74) is -0.826. The molecule has 0 aromatic heterocycles. The highest BCUT2D eigenvalue weighted by Gasteiger charge is 2.58. The number of fused-ring (bicyclic) bond motifs is 2. The molecule has 0 saturated heterocycles. The third-order valence-electron chi connectivity index (χ3n) is 5.75. The average Bonchev–Trinajstić information content (AvgIpc) is 2.82. The Labute approximate surface area is 133 Å². The van der Waals surface area contributed by atoms with Gasteiger partial charge in [0.15, 0.2) is 0 Å². The first kappa shape index (κ1) is 16.0. The third kappa shape index (κ3) is 2.99. The summed E-state index contributed by atoms with van der Waals surface area (Å²) in [7, 11) is 0. The number of hydrogen-bond acceptors (Lipinski definition) is 1. The molecule has 0 nitrogen and oxygen atoms in total. The lowest BCUT2D eigenvalue weighted by molar-refractivity contribution is -0.128. The maximum atomic E-state index is 13.6. The van der Waals surface area contributed by atoms with Crippen LogP contribution in [0.1, 0.15) is 44.9 Å². The van der Waals surface area contributed by atoms with Crippen LogP contribution < -0.4 is 0 Å². The van der Waals surface area contributed by atoms with Crippen LogP contribution in [-0.2, 0) is 0 Å². The molecule has 21 heavy (non-hydrogen) atoms. The average molecular weight is 339 g/mol. The third-order valence-corrected chi connectivity index (χ3v) is 7.42. The van der Waals surface area contributed by atoms with Gasteiger partial charge in [0.25, 0.3) is 0 Å². The van der Waals surface area contributed by atoms with Gasteiger partial charge in [-0.3, -0.25) is 0 Å². The SMILES string of the molecule is CSC1CCC(/C=C(\C(F)(F)F)C23CCC(Cl)C(C2)C3)C1. The molecule has 4 rings (SSSR count). The zero-order chi connectivity index (χ0) is 15.3. The van der Waals surface area contributed by atoms with Gasteiger partial charge in [0.05, 0.1) is 0 Å². The van der Waals surface area contributed by atoms with Crippen molar-refractivity contribution in [1.29, 1.82) is 0 Å². The summed E-state index contributed by atoms with van der Waals surface area (Å²) in [5, 5.41) is 0.625. The second-order valence-electron chi connectivity index (χ2n) is 7.01. The predicted molar refractivity (Wildman–Crippen MR) is 82.8 cm³/mol. The molecular weight excluding hydrogens is 317 g/mol. The summed E-state index contributed by atoms with van der Waals surface area (Å²) in [5.74, 6) is 0.412. The number of halogens is 4. The Bertz CT molecular complexity index is 420. The van der Waals surface area contributed by atoms with Crippen LogP contribution in [0.2, 0.25) is 0 Å². The van der Waals surface area contributed by atoms with Crippen LogP contribution in [0.15, 0.2) is 11.6 Å². The maximum absolute atomic E-state index is 13.6. The smallest absolute Gasteiger partial charge is 0.166 e. The van der Waals surface area contributed by atoms with E-state index in [2.05, 4.69) is 6.26 Å². The molecule has 0 radical (unpaired) electrons. The number of rotatable bonds is 3. The van der Waals surface area contributed by atoms with Crippen molar-refractivity contribution in [2.24, 2.45) is 17.3 Å². The van der Waals surface area contributed by atoms with Crippen LogP contribution in [0.3, 0.4) is 0 Å². The molecule has 0 aromatic rings. The summed E-state index contributed by atoms with van der Waals surface area (Å²) >= 11 is 7.98. The molecule has 0 N–H and O–H groups in total. The van der Waals surface area contributed by atoms with Crippen LogP contribution in [0.25, 0.3) is 0 Å². The monoisotopic (exact) mass is 338 g/mol. The molecule has 3 unspecified atom stereocenters. The molecule has 2 bridgehead atoms. The van der Waals surface area contributed by atoms with E-state index in [4.69, 9.17) is 11.6 Å². The van der Waals surface area contributed by atoms with Crippen molar-refractivity contribution in [3.05, 3.63) is 11.6 Å². The molecule has 4 fully saturated rings. The topological polar surface area (TPSA) is 0 Å². The highest BCUT2D eigenvalue weighted by molar-refractivity contribution is 7.99. The van der Waals surface area contributed by atoms with Crippen molar-refractivity contribution in [1.82, 2.24) is 0 Å². The Balaban J connectivity index is 1.80. The van der Waals surface area contributed by atoms with Crippen LogP contribution in [0.4, 0.5) is 13.2 Å². The first-order chi connectivity index (χ1) is 9.84. The van der Waals surface area contributed by atoms with E-state index in [-0.39, 0.29) is 16.9 Å². The Morgan fingerprint density at radius 2 is 1.95 bits per heavy atom. The van der Waals surface area contributed by atoms with Crippen LogP contribution in [-0.4, -0.2) is 23.1 Å². The van der Waals surface area contributed by atoms with Crippen LogP contribution in [0.5, 0.6) is 0 Å². The highest BCUT2D eigenvalue weighted by atomic mass is 35.5. The van der Waals surface area contributed by atoms with E-state index in [0.717, 1.165) is 25.7 Å². The van der Waals surface area contributed by atoms with Gasteiger partial charge in [-0.25, -0.2) is 0 Å². The Hall–Kier alpha value is 0.170. The summed E-state index contributed by atoms with van der Waals surface area (Å²) < 4.78 is 40.8. The van der Waals surface area contributed by atoms with E-state index in [1.54, 1.807) is 17.8 Å². The minimum atomic E-state index is -4.18. The van der Waals surface area contributed by atoms with Gasteiger partial charge in [0.1, 0.15) is 0 Å². The van der Waals surface area contributed by atoms with Gasteiger partial charge >= 0.3 is 6.18 Å². The molecule has 4 aliphatic carbocycles. The normalized spacial score (nSPS) is 43.8. The minimum Gasteiger partial charge on any atom is -0.166 e. The molecule has 0 spiro atoms. The van der Waals surface area contributed by atoms with E-state index in [1.807, 2.05) is 0 Å². The lowest BCUT2D eigenvalue weighted by atomic mass is 9.50. The van der Waals surface area contributed by atoms with Crippen molar-refractivity contribution < 1.29 is 13.2 Å². The van der Waals surface area contributed by atoms with Crippen molar-refractivity contribution in [2.75, 3.05) is 6.26 Å². The molecule has 0 amide bonds. The number of hydrogen-bond donors (Lipinski definition) is 0. The second kappa shape index (κ2) is 5.67.